The molecule has 0 radical (unpaired) electrons. The van der Waals surface area contributed by atoms with E-state index < -0.39 is 0 Å². The van der Waals surface area contributed by atoms with Gasteiger partial charge in [-0.1, -0.05) is 6.07 Å². The molecule has 2 N–H and O–H groups in total. The van der Waals surface area contributed by atoms with Gasteiger partial charge in [0.15, 0.2) is 0 Å². The number of benzene rings is 1. The molecule has 1 atom stereocenters. The summed E-state index contributed by atoms with van der Waals surface area (Å²) in [5.41, 5.74) is 2.02. The van der Waals surface area contributed by atoms with E-state index in [-0.39, 0.29) is 5.82 Å². The lowest BCUT2D eigenvalue weighted by Gasteiger charge is -2.25. The number of rotatable bonds is 2. The number of aryl methyl sites for hydroxylation is 1. The second-order valence-electron chi connectivity index (χ2n) is 4.15. The number of anilines is 1. The molecule has 1 heterocycles. The topological polar surface area (TPSA) is 24.1 Å². The van der Waals surface area contributed by atoms with Gasteiger partial charge in [-0.05, 0) is 44.0 Å². The zero-order chi connectivity index (χ0) is 10.7. The van der Waals surface area contributed by atoms with Crippen LogP contribution in [-0.4, -0.2) is 19.1 Å². The van der Waals surface area contributed by atoms with Crippen molar-refractivity contribution in [2.24, 2.45) is 0 Å². The van der Waals surface area contributed by atoms with Crippen molar-refractivity contribution in [3.8, 4) is 0 Å². The van der Waals surface area contributed by atoms with Crippen LogP contribution in [0, 0.1) is 12.7 Å². The molecule has 1 aliphatic heterocycles. The molecule has 0 bridgehead atoms. The first-order chi connectivity index (χ1) is 7.25. The molecule has 3 heteroatoms. The van der Waals surface area contributed by atoms with Crippen molar-refractivity contribution in [2.45, 2.75) is 25.8 Å². The van der Waals surface area contributed by atoms with E-state index in [0.29, 0.717) is 6.04 Å². The Bertz CT molecular complexity index is 332. The van der Waals surface area contributed by atoms with E-state index in [9.17, 15) is 4.39 Å². The zero-order valence-electron chi connectivity index (χ0n) is 9.02. The van der Waals surface area contributed by atoms with Gasteiger partial charge < -0.3 is 10.6 Å². The Balaban J connectivity index is 2.05. The third-order valence-electron chi connectivity index (χ3n) is 2.86. The van der Waals surface area contributed by atoms with E-state index in [4.69, 9.17) is 0 Å². The second kappa shape index (κ2) is 4.62. The van der Waals surface area contributed by atoms with Crippen molar-refractivity contribution in [3.63, 3.8) is 0 Å². The minimum atomic E-state index is -0.174. The van der Waals surface area contributed by atoms with Crippen molar-refractivity contribution in [1.82, 2.24) is 5.32 Å². The molecule has 82 valence electrons. The minimum absolute atomic E-state index is 0.174. The van der Waals surface area contributed by atoms with E-state index in [0.717, 1.165) is 30.8 Å². The van der Waals surface area contributed by atoms with Crippen molar-refractivity contribution in [2.75, 3.05) is 18.4 Å². The minimum Gasteiger partial charge on any atom is -0.381 e. The van der Waals surface area contributed by atoms with Gasteiger partial charge in [-0.25, -0.2) is 4.39 Å². The molecule has 0 amide bonds. The highest BCUT2D eigenvalue weighted by Gasteiger charge is 2.13. The lowest BCUT2D eigenvalue weighted by Crippen LogP contribution is -2.38. The fourth-order valence-corrected chi connectivity index (χ4v) is 1.94. The fourth-order valence-electron chi connectivity index (χ4n) is 1.94. The van der Waals surface area contributed by atoms with E-state index in [1.165, 1.54) is 12.5 Å². The molecule has 1 fully saturated rings. The average Bonchev–Trinajstić information content (AvgIpc) is 2.25. The molecule has 1 aromatic carbocycles. The van der Waals surface area contributed by atoms with Crippen LogP contribution in [0.15, 0.2) is 18.2 Å². The lowest BCUT2D eigenvalue weighted by molar-refractivity contribution is 0.479. The summed E-state index contributed by atoms with van der Waals surface area (Å²) in [7, 11) is 0. The fraction of sp³-hybridized carbons (Fsp3) is 0.500. The summed E-state index contributed by atoms with van der Waals surface area (Å²) in [6.07, 6.45) is 2.34. The number of hydrogen-bond acceptors (Lipinski definition) is 2. The summed E-state index contributed by atoms with van der Waals surface area (Å²) in [4.78, 5) is 0. The predicted octanol–water partition coefficient (Wildman–Crippen LogP) is 2.30. The van der Waals surface area contributed by atoms with Gasteiger partial charge in [-0.15, -0.1) is 0 Å². The monoisotopic (exact) mass is 208 g/mol. The summed E-state index contributed by atoms with van der Waals surface area (Å²) in [6, 6.07) is 5.32. The normalized spacial score (nSPS) is 21.3. The van der Waals surface area contributed by atoms with Crippen LogP contribution in [0.2, 0.25) is 0 Å². The van der Waals surface area contributed by atoms with Gasteiger partial charge >= 0.3 is 0 Å². The van der Waals surface area contributed by atoms with Crippen LogP contribution >= 0.6 is 0 Å². The molecule has 15 heavy (non-hydrogen) atoms. The highest BCUT2D eigenvalue weighted by Crippen LogP contribution is 2.18. The molecular weight excluding hydrogens is 191 g/mol. The number of piperidine rings is 1. The summed E-state index contributed by atoms with van der Waals surface area (Å²) in [6.45, 7) is 4.06. The molecule has 1 aliphatic rings. The smallest absolute Gasteiger partial charge is 0.125 e. The van der Waals surface area contributed by atoms with Crippen molar-refractivity contribution >= 4 is 5.69 Å². The average molecular weight is 208 g/mol. The van der Waals surface area contributed by atoms with Crippen LogP contribution in [0.1, 0.15) is 18.4 Å². The molecule has 0 aliphatic carbocycles. The van der Waals surface area contributed by atoms with E-state index in [1.807, 2.05) is 13.0 Å². The molecule has 0 aromatic heterocycles. The van der Waals surface area contributed by atoms with Gasteiger partial charge in [-0.3, -0.25) is 0 Å². The molecule has 2 nitrogen and oxygen atoms in total. The summed E-state index contributed by atoms with van der Waals surface area (Å²) in [5, 5.41) is 6.72. The molecular formula is C12H17FN2. The quantitative estimate of drug-likeness (QED) is 0.779. The van der Waals surface area contributed by atoms with Crippen molar-refractivity contribution in [1.29, 1.82) is 0 Å². The number of nitrogens with one attached hydrogen (secondary N) is 2. The molecule has 1 saturated heterocycles. The molecule has 1 unspecified atom stereocenters. The Morgan fingerprint density at radius 1 is 1.47 bits per heavy atom. The first-order valence-corrected chi connectivity index (χ1v) is 5.49. The third-order valence-corrected chi connectivity index (χ3v) is 2.86. The van der Waals surface area contributed by atoms with Gasteiger partial charge in [0.2, 0.25) is 0 Å². The van der Waals surface area contributed by atoms with Crippen molar-refractivity contribution < 1.29 is 4.39 Å². The van der Waals surface area contributed by atoms with Crippen LogP contribution in [0.25, 0.3) is 0 Å². The van der Waals surface area contributed by atoms with Gasteiger partial charge in [-0.2, -0.15) is 0 Å². The Hall–Kier alpha value is -1.09. The first kappa shape index (κ1) is 10.4. The Kier molecular flexibility index (Phi) is 3.21. The van der Waals surface area contributed by atoms with Crippen LogP contribution < -0.4 is 10.6 Å². The van der Waals surface area contributed by atoms with Crippen LogP contribution in [-0.2, 0) is 0 Å². The predicted molar refractivity (Wildman–Crippen MR) is 60.7 cm³/mol. The molecule has 0 spiro atoms. The molecule has 1 aromatic rings. The standard InChI is InChI=1S/C12H17FN2/c1-9-4-5-10(13)7-12(9)15-11-3-2-6-14-8-11/h4-5,7,11,14-15H,2-3,6,8H2,1H3. The highest BCUT2D eigenvalue weighted by molar-refractivity contribution is 5.51. The summed E-state index contributed by atoms with van der Waals surface area (Å²) < 4.78 is 13.0. The van der Waals surface area contributed by atoms with Crippen LogP contribution in [0.3, 0.4) is 0 Å². The van der Waals surface area contributed by atoms with Gasteiger partial charge in [0.05, 0.1) is 0 Å². The summed E-state index contributed by atoms with van der Waals surface area (Å²) >= 11 is 0. The highest BCUT2D eigenvalue weighted by atomic mass is 19.1. The Labute approximate surface area is 89.9 Å². The van der Waals surface area contributed by atoms with Crippen LogP contribution in [0.5, 0.6) is 0 Å². The first-order valence-electron chi connectivity index (χ1n) is 5.49. The molecule has 0 saturated carbocycles. The number of halogens is 1. The van der Waals surface area contributed by atoms with Crippen LogP contribution in [0.4, 0.5) is 10.1 Å². The number of hydrogen-bond donors (Lipinski definition) is 2. The maximum atomic E-state index is 13.0. The third kappa shape index (κ3) is 2.69. The van der Waals surface area contributed by atoms with Crippen molar-refractivity contribution in [3.05, 3.63) is 29.6 Å². The lowest BCUT2D eigenvalue weighted by atomic mass is 10.1. The maximum absolute atomic E-state index is 13.0. The second-order valence-corrected chi connectivity index (χ2v) is 4.15. The largest absolute Gasteiger partial charge is 0.381 e. The Morgan fingerprint density at radius 2 is 2.33 bits per heavy atom. The maximum Gasteiger partial charge on any atom is 0.125 e. The molecule has 2 rings (SSSR count). The van der Waals surface area contributed by atoms with E-state index in [2.05, 4.69) is 10.6 Å². The van der Waals surface area contributed by atoms with E-state index >= 15 is 0 Å². The summed E-state index contributed by atoms with van der Waals surface area (Å²) in [5.74, 6) is -0.174. The van der Waals surface area contributed by atoms with Gasteiger partial charge in [0.1, 0.15) is 5.82 Å². The van der Waals surface area contributed by atoms with Gasteiger partial charge in [0, 0.05) is 18.3 Å². The Morgan fingerprint density at radius 3 is 3.07 bits per heavy atom. The SMILES string of the molecule is Cc1ccc(F)cc1NC1CCCNC1. The van der Waals surface area contributed by atoms with E-state index in [1.54, 1.807) is 6.07 Å². The zero-order valence-corrected chi connectivity index (χ0v) is 9.02. The van der Waals surface area contributed by atoms with Gasteiger partial charge in [0.25, 0.3) is 0 Å².